The van der Waals surface area contributed by atoms with Gasteiger partial charge in [0.25, 0.3) is 5.91 Å². The van der Waals surface area contributed by atoms with Gasteiger partial charge in [-0.15, -0.1) is 0 Å². The molecule has 0 saturated heterocycles. The summed E-state index contributed by atoms with van der Waals surface area (Å²) in [6.45, 7) is -1.28. The minimum absolute atomic E-state index is 0.180. The fourth-order valence-corrected chi connectivity index (χ4v) is 0.446. The number of halogens is 4. The van der Waals surface area contributed by atoms with E-state index in [1.54, 1.807) is 0 Å². The quantitative estimate of drug-likeness (QED) is 0.684. The Morgan fingerprint density at radius 2 is 2.00 bits per heavy atom. The smallest absolute Gasteiger partial charge is 0.251 e. The average molecular weight is 208 g/mol. The Balaban J connectivity index is 3.46. The van der Waals surface area contributed by atoms with Gasteiger partial charge in [-0.25, -0.2) is 4.39 Å². The highest BCUT2D eigenvalue weighted by Crippen LogP contribution is 2.24. The number of carbonyl (C=O) groups excluding carboxylic acids is 1. The molecule has 0 atom stereocenters. The minimum atomic E-state index is -1.55. The van der Waals surface area contributed by atoms with E-state index in [-0.39, 0.29) is 6.54 Å². The summed E-state index contributed by atoms with van der Waals surface area (Å²) in [5.74, 6) is -0.786. The summed E-state index contributed by atoms with van der Waals surface area (Å²) in [4.78, 5) is 10.2. The largest absolute Gasteiger partial charge is 0.350 e. The van der Waals surface area contributed by atoms with Crippen LogP contribution in [0.15, 0.2) is 0 Å². The molecular formula is C4H5Cl3FNO. The van der Waals surface area contributed by atoms with Gasteiger partial charge in [0.1, 0.15) is 0 Å². The van der Waals surface area contributed by atoms with Crippen molar-refractivity contribution < 1.29 is 9.18 Å². The highest BCUT2D eigenvalue weighted by atomic mass is 35.6. The van der Waals surface area contributed by atoms with Crippen LogP contribution in [0, 0.1) is 0 Å². The Bertz CT molecular complexity index is 124. The Labute approximate surface area is 72.6 Å². The molecule has 0 spiro atoms. The summed E-state index contributed by atoms with van der Waals surface area (Å²) < 4.78 is 9.87. The monoisotopic (exact) mass is 207 g/mol. The molecule has 0 bridgehead atoms. The van der Waals surface area contributed by atoms with Crippen LogP contribution in [0.2, 0.25) is 0 Å². The van der Waals surface area contributed by atoms with Crippen LogP contribution in [0.3, 0.4) is 0 Å². The number of nitrogens with one attached hydrogen (secondary N) is 1. The Hall–Kier alpha value is 0.270. The Morgan fingerprint density at radius 3 is 2.30 bits per heavy atom. The lowest BCUT2D eigenvalue weighted by atomic mass is 10.6. The second-order valence-electron chi connectivity index (χ2n) is 1.53. The lowest BCUT2D eigenvalue weighted by Crippen LogP contribution is -2.32. The van der Waals surface area contributed by atoms with Crippen LogP contribution in [0.1, 0.15) is 0 Å². The maximum atomic E-state index is 11.4. The van der Waals surface area contributed by atoms with Gasteiger partial charge in [-0.1, -0.05) is 34.8 Å². The standard InChI is InChI=1S/C4H5Cl3FNO/c5-4(6,7)2-9-3(10)1-8/h1-2H2,(H,9,10). The number of carbonyl (C=O) groups is 1. The van der Waals surface area contributed by atoms with Crippen molar-refractivity contribution in [3.8, 4) is 0 Å². The van der Waals surface area contributed by atoms with Crippen LogP contribution in [0.25, 0.3) is 0 Å². The fraction of sp³-hybridized carbons (Fsp3) is 0.750. The third-order valence-electron chi connectivity index (χ3n) is 0.607. The zero-order valence-corrected chi connectivity index (χ0v) is 7.10. The molecule has 0 aliphatic rings. The van der Waals surface area contributed by atoms with E-state index in [9.17, 15) is 9.18 Å². The molecule has 0 aromatic rings. The predicted molar refractivity (Wildman–Crippen MR) is 39.3 cm³/mol. The molecule has 0 radical (unpaired) electrons. The molecule has 0 heterocycles. The van der Waals surface area contributed by atoms with Crippen molar-refractivity contribution in [3.05, 3.63) is 0 Å². The topological polar surface area (TPSA) is 29.1 Å². The van der Waals surface area contributed by atoms with Crippen LogP contribution in [-0.4, -0.2) is 22.9 Å². The summed E-state index contributed by atoms with van der Waals surface area (Å²) in [5, 5.41) is 2.06. The highest BCUT2D eigenvalue weighted by Gasteiger charge is 2.19. The molecule has 0 aliphatic carbocycles. The lowest BCUT2D eigenvalue weighted by Gasteiger charge is -2.09. The van der Waals surface area contributed by atoms with Crippen molar-refractivity contribution >= 4 is 40.7 Å². The van der Waals surface area contributed by atoms with E-state index >= 15 is 0 Å². The summed E-state index contributed by atoms with van der Waals surface area (Å²) in [6.07, 6.45) is 0. The molecule has 60 valence electrons. The van der Waals surface area contributed by atoms with Gasteiger partial charge < -0.3 is 5.32 Å². The molecule has 0 saturated carbocycles. The molecule has 0 unspecified atom stereocenters. The maximum absolute atomic E-state index is 11.4. The third-order valence-corrected chi connectivity index (χ3v) is 1.01. The molecule has 1 amide bonds. The molecule has 0 aromatic heterocycles. The second kappa shape index (κ2) is 4.21. The molecule has 1 N–H and O–H groups in total. The van der Waals surface area contributed by atoms with Crippen LogP contribution >= 0.6 is 34.8 Å². The molecule has 0 fully saturated rings. The highest BCUT2D eigenvalue weighted by molar-refractivity contribution is 6.67. The van der Waals surface area contributed by atoms with Crippen molar-refractivity contribution in [2.75, 3.05) is 13.2 Å². The summed E-state index contributed by atoms with van der Waals surface area (Å²) >= 11 is 15.7. The zero-order valence-electron chi connectivity index (χ0n) is 4.83. The predicted octanol–water partition coefficient (Wildman–Crippen LogP) is 1.44. The maximum Gasteiger partial charge on any atom is 0.251 e. The van der Waals surface area contributed by atoms with Gasteiger partial charge in [0, 0.05) is 0 Å². The van der Waals surface area contributed by atoms with Crippen LogP contribution in [0.5, 0.6) is 0 Å². The van der Waals surface area contributed by atoms with Crippen molar-refractivity contribution in [1.82, 2.24) is 5.32 Å². The summed E-state index contributed by atoms with van der Waals surface area (Å²) in [7, 11) is 0. The summed E-state index contributed by atoms with van der Waals surface area (Å²) in [6, 6.07) is 0. The SMILES string of the molecule is O=C(CF)NCC(Cl)(Cl)Cl. The van der Waals surface area contributed by atoms with Crippen LogP contribution < -0.4 is 5.32 Å². The number of hydrogen-bond donors (Lipinski definition) is 1. The zero-order chi connectivity index (χ0) is 8.20. The van der Waals surface area contributed by atoms with Gasteiger partial charge >= 0.3 is 0 Å². The molecule has 0 rings (SSSR count). The first-order chi connectivity index (χ1) is 4.45. The number of amides is 1. The van der Waals surface area contributed by atoms with E-state index in [4.69, 9.17) is 34.8 Å². The van der Waals surface area contributed by atoms with Crippen molar-refractivity contribution in [1.29, 1.82) is 0 Å². The normalized spacial score (nSPS) is 11.2. The third kappa shape index (κ3) is 6.39. The average Bonchev–Trinajstić information content (AvgIpc) is 1.81. The van der Waals surface area contributed by atoms with Crippen LogP contribution in [0.4, 0.5) is 4.39 Å². The fourth-order valence-electron chi connectivity index (χ4n) is 0.246. The molecule has 6 heteroatoms. The second-order valence-corrected chi connectivity index (χ2v) is 4.04. The van der Waals surface area contributed by atoms with Gasteiger partial charge in [-0.2, -0.15) is 0 Å². The number of rotatable bonds is 2. The van der Waals surface area contributed by atoms with Crippen LogP contribution in [-0.2, 0) is 4.79 Å². The molecule has 0 aromatic carbocycles. The summed E-state index contributed by atoms with van der Waals surface area (Å²) in [5.41, 5.74) is 0. The first kappa shape index (κ1) is 10.3. The number of hydrogen-bond acceptors (Lipinski definition) is 1. The molecule has 0 aliphatic heterocycles. The van der Waals surface area contributed by atoms with Gasteiger partial charge in [-0.3, -0.25) is 4.79 Å². The minimum Gasteiger partial charge on any atom is -0.350 e. The van der Waals surface area contributed by atoms with E-state index in [2.05, 4.69) is 5.32 Å². The first-order valence-electron chi connectivity index (χ1n) is 2.35. The van der Waals surface area contributed by atoms with E-state index in [0.717, 1.165) is 0 Å². The van der Waals surface area contributed by atoms with E-state index < -0.39 is 16.4 Å². The van der Waals surface area contributed by atoms with Gasteiger partial charge in [0.2, 0.25) is 3.79 Å². The lowest BCUT2D eigenvalue weighted by molar-refractivity contribution is -0.121. The van der Waals surface area contributed by atoms with Gasteiger partial charge in [0.15, 0.2) is 6.67 Å². The Kier molecular flexibility index (Phi) is 4.32. The van der Waals surface area contributed by atoms with Crippen molar-refractivity contribution in [2.45, 2.75) is 3.79 Å². The molecule has 10 heavy (non-hydrogen) atoms. The molecular weight excluding hydrogens is 203 g/mol. The molecule has 2 nitrogen and oxygen atoms in total. The first-order valence-corrected chi connectivity index (χ1v) is 3.48. The van der Waals surface area contributed by atoms with Crippen molar-refractivity contribution in [2.24, 2.45) is 0 Å². The van der Waals surface area contributed by atoms with Gasteiger partial charge in [0.05, 0.1) is 6.54 Å². The van der Waals surface area contributed by atoms with E-state index in [1.807, 2.05) is 0 Å². The van der Waals surface area contributed by atoms with E-state index in [1.165, 1.54) is 0 Å². The van der Waals surface area contributed by atoms with E-state index in [0.29, 0.717) is 0 Å². The van der Waals surface area contributed by atoms with Crippen molar-refractivity contribution in [3.63, 3.8) is 0 Å². The number of alkyl halides is 4. The Morgan fingerprint density at radius 1 is 1.50 bits per heavy atom. The van der Waals surface area contributed by atoms with Gasteiger partial charge in [-0.05, 0) is 0 Å².